The molecule has 0 bridgehead atoms. The Kier molecular flexibility index (Phi) is 5.67. The number of benzene rings is 1. The zero-order valence-electron chi connectivity index (χ0n) is 14.8. The summed E-state index contributed by atoms with van der Waals surface area (Å²) in [6, 6.07) is 6.54. The minimum Gasteiger partial charge on any atom is -0.355 e. The highest BCUT2D eigenvalue weighted by Gasteiger charge is 2.17. The summed E-state index contributed by atoms with van der Waals surface area (Å²) < 4.78 is 22.5. The van der Waals surface area contributed by atoms with Crippen molar-refractivity contribution < 1.29 is 8.42 Å². The van der Waals surface area contributed by atoms with Crippen molar-refractivity contribution in [1.82, 2.24) is 15.2 Å². The topological polar surface area (TPSA) is 114 Å². The van der Waals surface area contributed by atoms with Gasteiger partial charge in [0.25, 0.3) is 0 Å². The number of aromatic nitrogens is 3. The number of nitrogens with one attached hydrogen (secondary N) is 1. The molecule has 0 atom stereocenters. The van der Waals surface area contributed by atoms with E-state index in [1.54, 1.807) is 18.3 Å². The Bertz CT molecular complexity index is 833. The van der Waals surface area contributed by atoms with Gasteiger partial charge in [0.15, 0.2) is 5.82 Å². The van der Waals surface area contributed by atoms with E-state index in [2.05, 4.69) is 32.3 Å². The van der Waals surface area contributed by atoms with Gasteiger partial charge in [0, 0.05) is 19.6 Å². The van der Waals surface area contributed by atoms with Gasteiger partial charge in [0.05, 0.1) is 11.1 Å². The molecule has 0 amide bonds. The molecule has 1 saturated heterocycles. The second-order valence-corrected chi connectivity index (χ2v) is 8.23. The van der Waals surface area contributed by atoms with Crippen LogP contribution in [-0.2, 0) is 16.4 Å². The lowest BCUT2D eigenvalue weighted by Crippen LogP contribution is -2.33. The van der Waals surface area contributed by atoms with E-state index in [1.165, 1.54) is 25.0 Å². The van der Waals surface area contributed by atoms with Gasteiger partial charge >= 0.3 is 0 Å². The number of nitrogens with zero attached hydrogens (tertiary/aromatic N) is 4. The van der Waals surface area contributed by atoms with Crippen LogP contribution < -0.4 is 15.4 Å². The molecule has 8 nitrogen and oxygen atoms in total. The molecule has 3 N–H and O–H groups in total. The molecule has 0 saturated carbocycles. The fraction of sp³-hybridized carbons (Fsp3) is 0.471. The van der Waals surface area contributed by atoms with E-state index in [1.807, 2.05) is 0 Å². The maximum Gasteiger partial charge on any atom is 0.244 e. The average molecular weight is 376 g/mol. The lowest BCUT2D eigenvalue weighted by Gasteiger charge is -2.30. The van der Waals surface area contributed by atoms with E-state index >= 15 is 0 Å². The predicted molar refractivity (Wildman–Crippen MR) is 100 cm³/mol. The zero-order valence-corrected chi connectivity index (χ0v) is 15.6. The van der Waals surface area contributed by atoms with Crippen molar-refractivity contribution in [2.24, 2.45) is 11.1 Å². The number of nitrogens with two attached hydrogens (primary N) is 1. The van der Waals surface area contributed by atoms with Crippen LogP contribution >= 0.6 is 0 Å². The molecule has 0 unspecified atom stereocenters. The summed E-state index contributed by atoms with van der Waals surface area (Å²) in [5.74, 6) is 2.12. The monoisotopic (exact) mass is 376 g/mol. The van der Waals surface area contributed by atoms with E-state index in [9.17, 15) is 8.42 Å². The van der Waals surface area contributed by atoms with Gasteiger partial charge < -0.3 is 10.2 Å². The van der Waals surface area contributed by atoms with Crippen LogP contribution in [-0.4, -0.2) is 43.2 Å². The quantitative estimate of drug-likeness (QED) is 0.783. The Labute approximate surface area is 153 Å². The molecule has 3 rings (SSSR count). The van der Waals surface area contributed by atoms with Crippen LogP contribution in [0.2, 0.25) is 0 Å². The van der Waals surface area contributed by atoms with Crippen LogP contribution in [0.1, 0.15) is 25.3 Å². The summed E-state index contributed by atoms with van der Waals surface area (Å²) in [7, 11) is -3.65. The number of piperidine rings is 1. The van der Waals surface area contributed by atoms with Gasteiger partial charge in [-0.15, -0.1) is 5.10 Å². The second-order valence-electron chi connectivity index (χ2n) is 6.67. The van der Waals surface area contributed by atoms with Gasteiger partial charge in [-0.1, -0.05) is 19.1 Å². The molecular weight excluding hydrogens is 352 g/mol. The Morgan fingerprint density at radius 3 is 2.58 bits per heavy atom. The number of primary sulfonamides is 1. The lowest BCUT2D eigenvalue weighted by molar-refractivity contribution is 0.436. The number of anilines is 2. The molecule has 1 aliphatic heterocycles. The van der Waals surface area contributed by atoms with Crippen molar-refractivity contribution in [3.05, 3.63) is 36.0 Å². The standard InChI is InChI=1S/C17H24N6O2S/c1-13-7-10-23(11-8-13)16-12-20-22-17(21-16)19-9-6-14-2-4-15(5-3-14)26(18,24)25/h2-5,12-13H,6-11H2,1H3,(H2,18,24,25)(H,19,21,22). The Hall–Kier alpha value is -2.26. The molecule has 2 heterocycles. The van der Waals surface area contributed by atoms with E-state index in [0.717, 1.165) is 30.4 Å². The summed E-state index contributed by atoms with van der Waals surface area (Å²) in [5, 5.41) is 16.3. The van der Waals surface area contributed by atoms with Crippen molar-refractivity contribution in [1.29, 1.82) is 0 Å². The largest absolute Gasteiger partial charge is 0.355 e. The number of hydrogen-bond acceptors (Lipinski definition) is 7. The maximum absolute atomic E-state index is 11.3. The lowest BCUT2D eigenvalue weighted by atomic mass is 9.99. The minimum atomic E-state index is -3.65. The third kappa shape index (κ3) is 4.89. The van der Waals surface area contributed by atoms with Crippen LogP contribution in [0, 0.1) is 5.92 Å². The van der Waals surface area contributed by atoms with Crippen LogP contribution in [0.5, 0.6) is 0 Å². The summed E-state index contributed by atoms with van der Waals surface area (Å²) in [6.45, 7) is 4.89. The van der Waals surface area contributed by atoms with E-state index in [4.69, 9.17) is 5.14 Å². The second kappa shape index (κ2) is 7.96. The molecule has 0 aliphatic carbocycles. The van der Waals surface area contributed by atoms with Crippen molar-refractivity contribution in [2.45, 2.75) is 31.1 Å². The molecular formula is C17H24N6O2S. The molecule has 140 valence electrons. The van der Waals surface area contributed by atoms with Gasteiger partial charge in [0.2, 0.25) is 16.0 Å². The number of sulfonamides is 1. The normalized spacial score (nSPS) is 15.8. The highest BCUT2D eigenvalue weighted by molar-refractivity contribution is 7.89. The molecule has 1 aromatic heterocycles. The van der Waals surface area contributed by atoms with Crippen LogP contribution in [0.15, 0.2) is 35.4 Å². The third-order valence-corrected chi connectivity index (χ3v) is 5.53. The van der Waals surface area contributed by atoms with E-state index in [0.29, 0.717) is 18.9 Å². The Balaban J connectivity index is 1.54. The molecule has 1 aromatic carbocycles. The first kappa shape index (κ1) is 18.5. The van der Waals surface area contributed by atoms with Gasteiger partial charge in [-0.05, 0) is 42.9 Å². The van der Waals surface area contributed by atoms with Crippen LogP contribution in [0.4, 0.5) is 11.8 Å². The van der Waals surface area contributed by atoms with Crippen molar-refractivity contribution in [2.75, 3.05) is 29.9 Å². The van der Waals surface area contributed by atoms with Crippen molar-refractivity contribution in [3.8, 4) is 0 Å². The summed E-state index contributed by atoms with van der Waals surface area (Å²) in [4.78, 5) is 6.90. The van der Waals surface area contributed by atoms with E-state index in [-0.39, 0.29) is 4.90 Å². The summed E-state index contributed by atoms with van der Waals surface area (Å²) in [5.41, 5.74) is 0.999. The predicted octanol–water partition coefficient (Wildman–Crippen LogP) is 1.41. The first-order valence-electron chi connectivity index (χ1n) is 8.72. The van der Waals surface area contributed by atoms with Gasteiger partial charge in [-0.2, -0.15) is 10.1 Å². The summed E-state index contributed by atoms with van der Waals surface area (Å²) in [6.07, 6.45) is 4.75. The molecule has 0 radical (unpaired) electrons. The van der Waals surface area contributed by atoms with Crippen LogP contribution in [0.3, 0.4) is 0 Å². The molecule has 1 fully saturated rings. The Morgan fingerprint density at radius 1 is 1.23 bits per heavy atom. The highest BCUT2D eigenvalue weighted by Crippen LogP contribution is 2.21. The van der Waals surface area contributed by atoms with Crippen molar-refractivity contribution in [3.63, 3.8) is 0 Å². The molecule has 9 heteroatoms. The SMILES string of the molecule is CC1CCN(c2cnnc(NCCc3ccc(S(N)(=O)=O)cc3)n2)CC1. The zero-order chi connectivity index (χ0) is 18.6. The number of rotatable bonds is 6. The van der Waals surface area contributed by atoms with E-state index < -0.39 is 10.0 Å². The molecule has 1 aliphatic rings. The fourth-order valence-electron chi connectivity index (χ4n) is 2.92. The van der Waals surface area contributed by atoms with Gasteiger partial charge in [0.1, 0.15) is 0 Å². The average Bonchev–Trinajstić information content (AvgIpc) is 2.62. The Morgan fingerprint density at radius 2 is 1.92 bits per heavy atom. The minimum absolute atomic E-state index is 0.116. The number of hydrogen-bond donors (Lipinski definition) is 2. The molecule has 26 heavy (non-hydrogen) atoms. The first-order chi connectivity index (χ1) is 12.4. The van der Waals surface area contributed by atoms with Crippen molar-refractivity contribution >= 4 is 21.8 Å². The molecule has 0 spiro atoms. The highest BCUT2D eigenvalue weighted by atomic mass is 32.2. The summed E-state index contributed by atoms with van der Waals surface area (Å²) >= 11 is 0. The maximum atomic E-state index is 11.3. The molecule has 2 aromatic rings. The van der Waals surface area contributed by atoms with Gasteiger partial charge in [-0.3, -0.25) is 0 Å². The third-order valence-electron chi connectivity index (χ3n) is 4.60. The van der Waals surface area contributed by atoms with Crippen LogP contribution in [0.25, 0.3) is 0 Å². The fourth-order valence-corrected chi connectivity index (χ4v) is 3.44. The smallest absolute Gasteiger partial charge is 0.244 e. The first-order valence-corrected chi connectivity index (χ1v) is 10.3. The van der Waals surface area contributed by atoms with Gasteiger partial charge in [-0.25, -0.2) is 13.6 Å².